The lowest BCUT2D eigenvalue weighted by Crippen LogP contribution is -2.24. The molecule has 0 fully saturated rings. The number of rotatable bonds is 6. The smallest absolute Gasteiger partial charge is 0.263 e. The van der Waals surface area contributed by atoms with E-state index < -0.39 is 0 Å². The number of thioether (sulfide) groups is 1. The minimum absolute atomic E-state index is 0.0842. The van der Waals surface area contributed by atoms with E-state index in [-0.39, 0.29) is 5.56 Å². The second-order valence-electron chi connectivity index (χ2n) is 7.97. The van der Waals surface area contributed by atoms with Crippen LogP contribution in [-0.2, 0) is 32.5 Å². The predicted octanol–water partition coefficient (Wildman–Crippen LogP) is 5.14. The van der Waals surface area contributed by atoms with Crippen molar-refractivity contribution in [3.05, 3.63) is 81.1 Å². The van der Waals surface area contributed by atoms with Gasteiger partial charge in [0.05, 0.1) is 5.39 Å². The number of hydrogen-bond donors (Lipinski definition) is 0. The van der Waals surface area contributed by atoms with Crippen molar-refractivity contribution in [3.63, 3.8) is 0 Å². The Balaban J connectivity index is 1.41. The van der Waals surface area contributed by atoms with E-state index in [4.69, 9.17) is 4.98 Å². The van der Waals surface area contributed by atoms with Gasteiger partial charge in [-0.25, -0.2) is 4.98 Å². The molecule has 0 amide bonds. The fourth-order valence-electron chi connectivity index (χ4n) is 4.42. The number of aromatic nitrogens is 2. The van der Waals surface area contributed by atoms with Gasteiger partial charge in [-0.15, -0.1) is 17.9 Å². The Labute approximate surface area is 184 Å². The van der Waals surface area contributed by atoms with Crippen LogP contribution >= 0.6 is 23.1 Å². The number of allylic oxidation sites excluding steroid dienone is 1. The molecular weight excluding hydrogens is 410 g/mol. The van der Waals surface area contributed by atoms with Gasteiger partial charge < -0.3 is 4.90 Å². The molecule has 2 aliphatic rings. The third-order valence-electron chi connectivity index (χ3n) is 6.01. The first kappa shape index (κ1) is 19.6. The second kappa shape index (κ2) is 8.08. The highest BCUT2D eigenvalue weighted by molar-refractivity contribution is 7.99. The van der Waals surface area contributed by atoms with Crippen molar-refractivity contribution in [1.29, 1.82) is 0 Å². The molecule has 2 aromatic heterocycles. The third-order valence-corrected chi connectivity index (χ3v) is 8.24. The molecule has 3 aromatic rings. The van der Waals surface area contributed by atoms with Crippen LogP contribution in [-0.4, -0.2) is 20.2 Å². The highest BCUT2D eigenvalue weighted by Crippen LogP contribution is 2.35. The van der Waals surface area contributed by atoms with Crippen molar-refractivity contribution in [2.75, 3.05) is 5.75 Å². The van der Waals surface area contributed by atoms with Gasteiger partial charge >= 0.3 is 0 Å². The lowest BCUT2D eigenvalue weighted by molar-refractivity contribution is 0.367. The summed E-state index contributed by atoms with van der Waals surface area (Å²) in [6.45, 7) is 10.5. The predicted molar refractivity (Wildman–Crippen MR) is 126 cm³/mol. The maximum Gasteiger partial charge on any atom is 0.263 e. The Morgan fingerprint density at radius 2 is 1.93 bits per heavy atom. The van der Waals surface area contributed by atoms with Gasteiger partial charge in [-0.05, 0) is 42.4 Å². The molecule has 0 N–H and O–H groups in total. The lowest BCUT2D eigenvalue weighted by Gasteiger charge is -2.20. The number of nitrogens with zero attached hydrogens (tertiary/aromatic N) is 3. The van der Waals surface area contributed by atoms with Crippen molar-refractivity contribution in [1.82, 2.24) is 14.5 Å². The fourth-order valence-corrected chi connectivity index (χ4v) is 6.67. The van der Waals surface area contributed by atoms with Gasteiger partial charge in [0.1, 0.15) is 4.83 Å². The standard InChI is InChI=1S/C24H25N3OS2/c1-3-12-27-23(28)21-19-10-6-7-11-20(19)30-22(21)25-24(27)29-15-16(2)26-13-17-8-4-5-9-18(17)14-26/h3-5,8-9H,1-2,6-7,10-15H2. The molecule has 1 aliphatic heterocycles. The first-order chi connectivity index (χ1) is 14.7. The molecule has 0 saturated carbocycles. The Hall–Kier alpha value is -2.31. The van der Waals surface area contributed by atoms with Crippen LogP contribution in [0.15, 0.2) is 59.1 Å². The molecule has 6 heteroatoms. The molecule has 5 rings (SSSR count). The van der Waals surface area contributed by atoms with E-state index in [1.807, 2.05) is 0 Å². The largest absolute Gasteiger partial charge is 0.366 e. The Bertz CT molecular complexity index is 1180. The van der Waals surface area contributed by atoms with Crippen molar-refractivity contribution in [3.8, 4) is 0 Å². The summed E-state index contributed by atoms with van der Waals surface area (Å²) in [5.41, 5.74) is 5.14. The van der Waals surface area contributed by atoms with E-state index in [1.54, 1.807) is 33.7 Å². The number of fused-ring (bicyclic) bond motifs is 4. The quantitative estimate of drug-likeness (QED) is 0.305. The van der Waals surface area contributed by atoms with Crippen LogP contribution in [0.1, 0.15) is 34.4 Å². The summed E-state index contributed by atoms with van der Waals surface area (Å²) in [6.07, 6.45) is 6.23. The van der Waals surface area contributed by atoms with E-state index >= 15 is 0 Å². The number of benzene rings is 1. The van der Waals surface area contributed by atoms with E-state index in [1.165, 1.54) is 28.0 Å². The van der Waals surface area contributed by atoms with Crippen LogP contribution in [0.25, 0.3) is 10.2 Å². The average Bonchev–Trinajstić information content (AvgIpc) is 3.35. The molecule has 0 saturated heterocycles. The van der Waals surface area contributed by atoms with Gasteiger partial charge in [0.2, 0.25) is 0 Å². The molecule has 4 nitrogen and oxygen atoms in total. The normalized spacial score (nSPS) is 15.3. The molecule has 154 valence electrons. The van der Waals surface area contributed by atoms with E-state index in [0.29, 0.717) is 12.3 Å². The summed E-state index contributed by atoms with van der Waals surface area (Å²) in [5, 5.41) is 1.61. The third kappa shape index (κ3) is 3.42. The highest BCUT2D eigenvalue weighted by Gasteiger charge is 2.23. The van der Waals surface area contributed by atoms with Gasteiger partial charge in [-0.2, -0.15) is 0 Å². The fraction of sp³-hybridized carbons (Fsp3) is 0.333. The van der Waals surface area contributed by atoms with Crippen LogP contribution in [0.4, 0.5) is 0 Å². The molecule has 1 aliphatic carbocycles. The van der Waals surface area contributed by atoms with Gasteiger partial charge in [0.15, 0.2) is 5.16 Å². The maximum atomic E-state index is 13.4. The lowest BCUT2D eigenvalue weighted by atomic mass is 9.97. The minimum atomic E-state index is 0.0842. The summed E-state index contributed by atoms with van der Waals surface area (Å²) in [6, 6.07) is 8.55. The SMILES string of the molecule is C=CCn1c(SCC(=C)N2Cc3ccccc3C2)nc2sc3c(c2c1=O)CCCC3. The summed E-state index contributed by atoms with van der Waals surface area (Å²) in [4.78, 5) is 22.9. The summed E-state index contributed by atoms with van der Waals surface area (Å²) in [7, 11) is 0. The molecular formula is C24H25N3OS2. The molecule has 30 heavy (non-hydrogen) atoms. The van der Waals surface area contributed by atoms with Gasteiger partial charge in [0, 0.05) is 36.0 Å². The molecule has 1 aromatic carbocycles. The van der Waals surface area contributed by atoms with Crippen molar-refractivity contribution in [2.45, 2.75) is 50.5 Å². The summed E-state index contributed by atoms with van der Waals surface area (Å²) < 4.78 is 1.79. The topological polar surface area (TPSA) is 38.1 Å². The zero-order chi connectivity index (χ0) is 20.7. The number of aryl methyl sites for hydroxylation is 2. The molecule has 0 spiro atoms. The monoisotopic (exact) mass is 435 g/mol. The van der Waals surface area contributed by atoms with E-state index in [9.17, 15) is 4.79 Å². The van der Waals surface area contributed by atoms with Crippen molar-refractivity contribution >= 4 is 33.3 Å². The van der Waals surface area contributed by atoms with E-state index in [2.05, 4.69) is 42.3 Å². The maximum absolute atomic E-state index is 13.4. The molecule has 3 heterocycles. The Kier molecular flexibility index (Phi) is 5.29. The Morgan fingerprint density at radius 3 is 2.67 bits per heavy atom. The van der Waals surface area contributed by atoms with Crippen molar-refractivity contribution < 1.29 is 0 Å². The number of hydrogen-bond acceptors (Lipinski definition) is 5. The summed E-state index contributed by atoms with van der Waals surface area (Å²) in [5.74, 6) is 0.716. The number of thiophene rings is 1. The second-order valence-corrected chi connectivity index (χ2v) is 10.00. The minimum Gasteiger partial charge on any atom is -0.366 e. The van der Waals surface area contributed by atoms with Crippen LogP contribution in [0, 0.1) is 0 Å². The zero-order valence-corrected chi connectivity index (χ0v) is 18.7. The average molecular weight is 436 g/mol. The zero-order valence-electron chi connectivity index (χ0n) is 17.0. The van der Waals surface area contributed by atoms with Gasteiger partial charge in [-0.3, -0.25) is 9.36 Å². The molecule has 0 bridgehead atoms. The van der Waals surface area contributed by atoms with Crippen LogP contribution in [0.5, 0.6) is 0 Å². The van der Waals surface area contributed by atoms with Gasteiger partial charge in [0.25, 0.3) is 5.56 Å². The van der Waals surface area contributed by atoms with Crippen molar-refractivity contribution in [2.24, 2.45) is 0 Å². The van der Waals surface area contributed by atoms with E-state index in [0.717, 1.165) is 53.4 Å². The molecule has 0 radical (unpaired) electrons. The first-order valence-corrected chi connectivity index (χ1v) is 12.2. The molecule has 0 atom stereocenters. The Morgan fingerprint density at radius 1 is 1.20 bits per heavy atom. The first-order valence-electron chi connectivity index (χ1n) is 10.4. The van der Waals surface area contributed by atoms with Crippen LogP contribution < -0.4 is 5.56 Å². The highest BCUT2D eigenvalue weighted by atomic mass is 32.2. The van der Waals surface area contributed by atoms with Gasteiger partial charge in [-0.1, -0.05) is 48.7 Å². The van der Waals surface area contributed by atoms with Crippen LogP contribution in [0.2, 0.25) is 0 Å². The molecule has 0 unspecified atom stereocenters. The summed E-state index contributed by atoms with van der Waals surface area (Å²) >= 11 is 3.31. The van der Waals surface area contributed by atoms with Crippen LogP contribution in [0.3, 0.4) is 0 Å².